The van der Waals surface area contributed by atoms with Gasteiger partial charge in [0.05, 0.1) is 16.8 Å². The van der Waals surface area contributed by atoms with Crippen LogP contribution in [0.4, 0.5) is 0 Å². The zero-order valence-electron chi connectivity index (χ0n) is 12.9. The number of nitrogens with zero attached hydrogens (tertiary/aromatic N) is 4. The van der Waals surface area contributed by atoms with Crippen molar-refractivity contribution >= 4 is 21.8 Å². The smallest absolute Gasteiger partial charge is 0.274 e. The van der Waals surface area contributed by atoms with Crippen LogP contribution in [0.1, 0.15) is 50.3 Å². The second kappa shape index (κ2) is 6.47. The second-order valence-electron chi connectivity index (χ2n) is 6.13. The maximum absolute atomic E-state index is 13.0. The minimum absolute atomic E-state index is 0.248. The highest BCUT2D eigenvalue weighted by Crippen LogP contribution is 2.36. The average Bonchev–Trinajstić information content (AvgIpc) is 3.03. The molecule has 0 bridgehead atoms. The molecule has 0 amide bonds. The molecular formula is C14H23ClN4O2S. The van der Waals surface area contributed by atoms with Crippen molar-refractivity contribution in [3.63, 3.8) is 0 Å². The van der Waals surface area contributed by atoms with E-state index in [1.807, 2.05) is 7.05 Å². The van der Waals surface area contributed by atoms with E-state index < -0.39 is 10.2 Å². The van der Waals surface area contributed by atoms with Crippen LogP contribution >= 0.6 is 11.6 Å². The van der Waals surface area contributed by atoms with Crippen molar-refractivity contribution in [1.82, 2.24) is 18.4 Å². The first-order valence-electron chi connectivity index (χ1n) is 7.96. The molecule has 22 heavy (non-hydrogen) atoms. The minimum atomic E-state index is -3.43. The van der Waals surface area contributed by atoms with Crippen molar-refractivity contribution in [2.75, 3.05) is 19.6 Å². The van der Waals surface area contributed by atoms with E-state index in [4.69, 9.17) is 11.6 Å². The minimum Gasteiger partial charge on any atom is -0.274 e. The third kappa shape index (κ3) is 3.04. The molecule has 0 aromatic carbocycles. The monoisotopic (exact) mass is 346 g/mol. The first-order chi connectivity index (χ1) is 10.5. The van der Waals surface area contributed by atoms with E-state index in [0.717, 1.165) is 38.5 Å². The van der Waals surface area contributed by atoms with Crippen LogP contribution in [-0.2, 0) is 17.3 Å². The van der Waals surface area contributed by atoms with Gasteiger partial charge in [0, 0.05) is 32.9 Å². The first kappa shape index (κ1) is 16.2. The summed E-state index contributed by atoms with van der Waals surface area (Å²) in [5.41, 5.74) is 0.689. The van der Waals surface area contributed by atoms with Gasteiger partial charge in [0.15, 0.2) is 0 Å². The number of aryl methyl sites for hydroxylation is 1. The Morgan fingerprint density at radius 3 is 2.45 bits per heavy atom. The van der Waals surface area contributed by atoms with Gasteiger partial charge < -0.3 is 0 Å². The zero-order valence-corrected chi connectivity index (χ0v) is 14.5. The predicted octanol–water partition coefficient (Wildman–Crippen LogP) is 2.33. The predicted molar refractivity (Wildman–Crippen MR) is 85.9 cm³/mol. The lowest BCUT2D eigenvalue weighted by Crippen LogP contribution is -2.44. The summed E-state index contributed by atoms with van der Waals surface area (Å²) in [6, 6.07) is -0.248. The van der Waals surface area contributed by atoms with Gasteiger partial charge in [-0.1, -0.05) is 24.4 Å². The lowest BCUT2D eigenvalue weighted by molar-refractivity contribution is 0.293. The third-order valence-corrected chi connectivity index (χ3v) is 6.86. The number of aromatic nitrogens is 2. The van der Waals surface area contributed by atoms with Gasteiger partial charge in [0.25, 0.3) is 10.2 Å². The maximum atomic E-state index is 13.0. The molecule has 0 N–H and O–H groups in total. The SMILES string of the molecule is Cn1cc(Cl)c([C@H]2CCCCCN2S(=O)(=O)N2CCCC2)n1. The van der Waals surface area contributed by atoms with Crippen molar-refractivity contribution < 1.29 is 8.42 Å². The standard InChI is InChI=1S/C14H23ClN4O2S/c1-17-11-12(15)14(16-17)13-7-3-2-4-10-19(13)22(20,21)18-8-5-6-9-18/h11,13H,2-10H2,1H3/t13-/m1/s1. The molecule has 124 valence electrons. The van der Waals surface area contributed by atoms with Crippen molar-refractivity contribution in [3.8, 4) is 0 Å². The van der Waals surface area contributed by atoms with Gasteiger partial charge in [-0.2, -0.15) is 22.1 Å². The van der Waals surface area contributed by atoms with Crippen LogP contribution in [0.3, 0.4) is 0 Å². The van der Waals surface area contributed by atoms with Crippen LogP contribution in [-0.4, -0.2) is 46.4 Å². The summed E-state index contributed by atoms with van der Waals surface area (Å²) in [5, 5.41) is 4.98. The summed E-state index contributed by atoms with van der Waals surface area (Å²) < 4.78 is 30.9. The highest BCUT2D eigenvalue weighted by Gasteiger charge is 2.39. The molecule has 2 aliphatic heterocycles. The molecular weight excluding hydrogens is 324 g/mol. The van der Waals surface area contributed by atoms with Crippen LogP contribution in [0.5, 0.6) is 0 Å². The molecule has 0 unspecified atom stereocenters. The summed E-state index contributed by atoms with van der Waals surface area (Å²) in [6.07, 6.45) is 7.36. The van der Waals surface area contributed by atoms with Gasteiger partial charge in [-0.3, -0.25) is 4.68 Å². The summed E-state index contributed by atoms with van der Waals surface area (Å²) in [4.78, 5) is 0. The van der Waals surface area contributed by atoms with Crippen molar-refractivity contribution in [2.24, 2.45) is 7.05 Å². The molecule has 0 radical (unpaired) electrons. The van der Waals surface area contributed by atoms with Gasteiger partial charge in [-0.15, -0.1) is 0 Å². The first-order valence-corrected chi connectivity index (χ1v) is 9.73. The maximum Gasteiger partial charge on any atom is 0.282 e. The number of rotatable bonds is 3. The quantitative estimate of drug-likeness (QED) is 0.844. The third-order valence-electron chi connectivity index (χ3n) is 4.52. The largest absolute Gasteiger partial charge is 0.282 e. The Bertz CT molecular complexity index is 625. The molecule has 1 aromatic rings. The van der Waals surface area contributed by atoms with Crippen LogP contribution in [0.15, 0.2) is 6.20 Å². The van der Waals surface area contributed by atoms with E-state index >= 15 is 0 Å². The van der Waals surface area contributed by atoms with E-state index in [1.54, 1.807) is 19.5 Å². The number of halogens is 1. The highest BCUT2D eigenvalue weighted by molar-refractivity contribution is 7.86. The van der Waals surface area contributed by atoms with Gasteiger partial charge in [0.1, 0.15) is 0 Å². The summed E-state index contributed by atoms with van der Waals surface area (Å²) in [7, 11) is -1.62. The average molecular weight is 347 g/mol. The number of hydrogen-bond acceptors (Lipinski definition) is 3. The van der Waals surface area contributed by atoms with E-state index in [0.29, 0.717) is 30.4 Å². The van der Waals surface area contributed by atoms with Gasteiger partial charge in [-0.05, 0) is 25.7 Å². The topological polar surface area (TPSA) is 58.4 Å². The van der Waals surface area contributed by atoms with Crippen LogP contribution in [0.25, 0.3) is 0 Å². The Hall–Kier alpha value is -0.630. The number of hydrogen-bond donors (Lipinski definition) is 0. The lowest BCUT2D eigenvalue weighted by Gasteiger charge is -2.31. The molecule has 3 rings (SSSR count). The summed E-state index contributed by atoms with van der Waals surface area (Å²) in [5.74, 6) is 0. The molecule has 3 heterocycles. The Balaban J connectivity index is 1.96. The lowest BCUT2D eigenvalue weighted by atomic mass is 10.1. The van der Waals surface area contributed by atoms with Gasteiger partial charge in [0.2, 0.25) is 0 Å². The van der Waals surface area contributed by atoms with Gasteiger partial charge >= 0.3 is 0 Å². The second-order valence-corrected chi connectivity index (χ2v) is 8.41. The van der Waals surface area contributed by atoms with Crippen molar-refractivity contribution in [2.45, 2.75) is 44.6 Å². The van der Waals surface area contributed by atoms with Crippen molar-refractivity contribution in [3.05, 3.63) is 16.9 Å². The Morgan fingerprint density at radius 1 is 1.14 bits per heavy atom. The molecule has 0 aliphatic carbocycles. The fourth-order valence-electron chi connectivity index (χ4n) is 3.40. The zero-order chi connectivity index (χ0) is 15.7. The highest BCUT2D eigenvalue weighted by atomic mass is 35.5. The molecule has 2 saturated heterocycles. The normalized spacial score (nSPS) is 25.5. The van der Waals surface area contributed by atoms with E-state index in [-0.39, 0.29) is 6.04 Å². The van der Waals surface area contributed by atoms with E-state index in [9.17, 15) is 8.42 Å². The molecule has 2 aliphatic rings. The Morgan fingerprint density at radius 2 is 1.82 bits per heavy atom. The van der Waals surface area contributed by atoms with Gasteiger partial charge in [-0.25, -0.2) is 0 Å². The van der Waals surface area contributed by atoms with Crippen LogP contribution in [0.2, 0.25) is 5.02 Å². The Labute approximate surface area is 137 Å². The molecule has 0 saturated carbocycles. The molecule has 8 heteroatoms. The van der Waals surface area contributed by atoms with E-state index in [1.165, 1.54) is 0 Å². The Kier molecular flexibility index (Phi) is 4.77. The summed E-state index contributed by atoms with van der Waals surface area (Å²) >= 11 is 6.29. The van der Waals surface area contributed by atoms with Crippen LogP contribution in [0, 0.1) is 0 Å². The molecule has 2 fully saturated rings. The van der Waals surface area contributed by atoms with Crippen LogP contribution < -0.4 is 0 Å². The molecule has 0 spiro atoms. The fraction of sp³-hybridized carbons (Fsp3) is 0.786. The summed E-state index contributed by atoms with van der Waals surface area (Å²) in [6.45, 7) is 1.80. The van der Waals surface area contributed by atoms with Crippen molar-refractivity contribution in [1.29, 1.82) is 0 Å². The fourth-order valence-corrected chi connectivity index (χ4v) is 5.61. The van der Waals surface area contributed by atoms with E-state index in [2.05, 4.69) is 5.10 Å². The molecule has 1 atom stereocenters. The molecule has 1 aromatic heterocycles. The molecule has 6 nitrogen and oxygen atoms in total.